The fourth-order valence-corrected chi connectivity index (χ4v) is 2.93. The van der Waals surface area contributed by atoms with E-state index in [-0.39, 0.29) is 32.1 Å². The quantitative estimate of drug-likeness (QED) is 0.0814. The number of carboxylic acids is 1. The third-order valence-corrected chi connectivity index (χ3v) is 4.98. The summed E-state index contributed by atoms with van der Waals surface area (Å²) < 4.78 is 0. The molecule has 5 unspecified atom stereocenters. The molecule has 200 valence electrons. The van der Waals surface area contributed by atoms with Gasteiger partial charge in [0.15, 0.2) is 0 Å². The molecule has 0 aromatic rings. The third kappa shape index (κ3) is 13.2. The number of carbonyl (C=O) groups excluding carboxylic acids is 5. The van der Waals surface area contributed by atoms with Crippen molar-refractivity contribution in [3.63, 3.8) is 0 Å². The van der Waals surface area contributed by atoms with Gasteiger partial charge in [0, 0.05) is 12.8 Å². The number of unbranched alkanes of at least 4 members (excludes halogenated alkanes) is 1. The van der Waals surface area contributed by atoms with Crippen molar-refractivity contribution in [2.24, 2.45) is 22.9 Å². The van der Waals surface area contributed by atoms with Crippen molar-refractivity contribution in [2.75, 3.05) is 6.54 Å². The lowest BCUT2D eigenvalue weighted by atomic mass is 10.0. The molecule has 0 aliphatic heterocycles. The SMILES string of the molecule is CC(O)C(NC(=O)C(N)CCC(N)=O)C(=O)NC(CCCCN)C(=O)NC(CCC(N)=O)C(=O)O. The Morgan fingerprint density at radius 2 is 1.31 bits per heavy atom. The van der Waals surface area contributed by atoms with E-state index in [4.69, 9.17) is 22.9 Å². The maximum atomic E-state index is 12.8. The molecule has 0 rings (SSSR count). The van der Waals surface area contributed by atoms with Gasteiger partial charge in [-0.05, 0) is 45.6 Å². The lowest BCUT2D eigenvalue weighted by Crippen LogP contribution is -2.59. The summed E-state index contributed by atoms with van der Waals surface area (Å²) >= 11 is 0. The molecule has 13 N–H and O–H groups in total. The van der Waals surface area contributed by atoms with E-state index in [0.717, 1.165) is 0 Å². The normalized spacial score (nSPS) is 15.1. The Morgan fingerprint density at radius 1 is 0.771 bits per heavy atom. The number of aliphatic carboxylic acids is 1. The first-order valence-electron chi connectivity index (χ1n) is 11.1. The Morgan fingerprint density at radius 3 is 1.80 bits per heavy atom. The molecule has 0 aromatic carbocycles. The Hall–Kier alpha value is -3.30. The minimum Gasteiger partial charge on any atom is -0.480 e. The topological polar surface area (TPSA) is 283 Å². The average molecular weight is 504 g/mol. The standard InChI is InChI=1S/C20H37N7O8/c1-10(28)16(27-17(31)11(22)5-7-14(23)29)19(33)25-12(4-2-3-9-21)18(32)26-13(20(34)35)6-8-15(24)30/h10-13,16,28H,2-9,21-22H2,1H3,(H2,23,29)(H2,24,30)(H,25,33)(H,26,32)(H,27,31)(H,34,35). The van der Waals surface area contributed by atoms with Gasteiger partial charge in [-0.25, -0.2) is 4.79 Å². The minimum absolute atomic E-state index is 0.0789. The molecule has 0 saturated heterocycles. The molecule has 0 aliphatic carbocycles. The zero-order valence-corrected chi connectivity index (χ0v) is 19.7. The van der Waals surface area contributed by atoms with Crippen LogP contribution in [0, 0.1) is 0 Å². The highest BCUT2D eigenvalue weighted by molar-refractivity contribution is 5.94. The largest absolute Gasteiger partial charge is 0.480 e. The van der Waals surface area contributed by atoms with E-state index in [9.17, 15) is 39.0 Å². The van der Waals surface area contributed by atoms with Crippen LogP contribution in [-0.2, 0) is 28.8 Å². The van der Waals surface area contributed by atoms with E-state index in [1.807, 2.05) is 0 Å². The van der Waals surface area contributed by atoms with Gasteiger partial charge in [0.1, 0.15) is 18.1 Å². The van der Waals surface area contributed by atoms with Crippen LogP contribution < -0.4 is 38.9 Å². The van der Waals surface area contributed by atoms with E-state index in [1.165, 1.54) is 6.92 Å². The molecule has 0 radical (unpaired) electrons. The van der Waals surface area contributed by atoms with Gasteiger partial charge in [-0.1, -0.05) is 0 Å². The second-order valence-corrected chi connectivity index (χ2v) is 8.09. The van der Waals surface area contributed by atoms with Crippen molar-refractivity contribution in [1.82, 2.24) is 16.0 Å². The summed E-state index contributed by atoms with van der Waals surface area (Å²) in [5, 5.41) is 26.2. The van der Waals surface area contributed by atoms with Crippen LogP contribution in [0.15, 0.2) is 0 Å². The number of aliphatic hydroxyl groups excluding tert-OH is 1. The molecule has 5 atom stereocenters. The summed E-state index contributed by atoms with van der Waals surface area (Å²) in [6.45, 7) is 1.54. The van der Waals surface area contributed by atoms with Crippen molar-refractivity contribution in [1.29, 1.82) is 0 Å². The maximum absolute atomic E-state index is 12.8. The molecule has 0 fully saturated rings. The molecule has 0 heterocycles. The molecular formula is C20H37N7O8. The Bertz CT molecular complexity index is 762. The molecule has 0 aromatic heterocycles. The van der Waals surface area contributed by atoms with Gasteiger partial charge in [-0.15, -0.1) is 0 Å². The zero-order chi connectivity index (χ0) is 27.1. The predicted octanol–water partition coefficient (Wildman–Crippen LogP) is -4.11. The van der Waals surface area contributed by atoms with Crippen LogP contribution in [0.2, 0.25) is 0 Å². The lowest BCUT2D eigenvalue weighted by molar-refractivity contribution is -0.142. The fourth-order valence-electron chi connectivity index (χ4n) is 2.93. The second-order valence-electron chi connectivity index (χ2n) is 8.09. The number of hydrogen-bond donors (Lipinski definition) is 9. The fraction of sp³-hybridized carbons (Fsp3) is 0.700. The summed E-state index contributed by atoms with van der Waals surface area (Å²) in [5.41, 5.74) is 21.2. The average Bonchev–Trinajstić information content (AvgIpc) is 2.76. The Labute approximate surface area is 202 Å². The minimum atomic E-state index is -1.50. The first-order chi connectivity index (χ1) is 16.3. The summed E-state index contributed by atoms with van der Waals surface area (Å²) in [5.74, 6) is -5.41. The molecule has 0 spiro atoms. The van der Waals surface area contributed by atoms with Crippen LogP contribution in [0.5, 0.6) is 0 Å². The van der Waals surface area contributed by atoms with Gasteiger partial charge in [-0.3, -0.25) is 24.0 Å². The first-order valence-corrected chi connectivity index (χ1v) is 11.1. The van der Waals surface area contributed by atoms with Crippen LogP contribution in [0.25, 0.3) is 0 Å². The smallest absolute Gasteiger partial charge is 0.326 e. The number of nitrogens with one attached hydrogen (secondary N) is 3. The second kappa shape index (κ2) is 16.3. The molecule has 15 heteroatoms. The molecule has 35 heavy (non-hydrogen) atoms. The molecule has 0 bridgehead atoms. The van der Waals surface area contributed by atoms with E-state index < -0.39 is 65.8 Å². The van der Waals surface area contributed by atoms with E-state index in [0.29, 0.717) is 19.4 Å². The van der Waals surface area contributed by atoms with Crippen LogP contribution in [0.4, 0.5) is 0 Å². The van der Waals surface area contributed by atoms with Crippen LogP contribution in [0.3, 0.4) is 0 Å². The summed E-state index contributed by atoms with van der Waals surface area (Å²) in [6, 6.07) is -5.34. The number of rotatable bonds is 18. The van der Waals surface area contributed by atoms with E-state index in [2.05, 4.69) is 16.0 Å². The van der Waals surface area contributed by atoms with Gasteiger partial charge in [0.05, 0.1) is 12.1 Å². The Balaban J connectivity index is 5.43. The summed E-state index contributed by atoms with van der Waals surface area (Å²) in [7, 11) is 0. The van der Waals surface area contributed by atoms with Crippen molar-refractivity contribution in [3.05, 3.63) is 0 Å². The van der Waals surface area contributed by atoms with Gasteiger partial charge >= 0.3 is 5.97 Å². The lowest BCUT2D eigenvalue weighted by Gasteiger charge is -2.26. The number of carbonyl (C=O) groups is 6. The molecular weight excluding hydrogens is 466 g/mol. The number of primary amides is 2. The third-order valence-electron chi connectivity index (χ3n) is 4.98. The molecule has 5 amide bonds. The van der Waals surface area contributed by atoms with Crippen LogP contribution >= 0.6 is 0 Å². The monoisotopic (exact) mass is 503 g/mol. The number of carboxylic acid groups (broad SMARTS) is 1. The van der Waals surface area contributed by atoms with Crippen molar-refractivity contribution < 1.29 is 39.0 Å². The van der Waals surface area contributed by atoms with Gasteiger partial charge in [0.2, 0.25) is 29.5 Å². The highest BCUT2D eigenvalue weighted by Crippen LogP contribution is 2.06. The molecule has 0 aliphatic rings. The highest BCUT2D eigenvalue weighted by Gasteiger charge is 2.32. The van der Waals surface area contributed by atoms with Gasteiger partial charge < -0.3 is 49.1 Å². The number of amides is 5. The molecule has 0 saturated carbocycles. The first kappa shape index (κ1) is 31.7. The van der Waals surface area contributed by atoms with Crippen molar-refractivity contribution in [2.45, 2.75) is 82.1 Å². The van der Waals surface area contributed by atoms with E-state index >= 15 is 0 Å². The zero-order valence-electron chi connectivity index (χ0n) is 19.7. The highest BCUT2D eigenvalue weighted by atomic mass is 16.4. The number of aliphatic hydroxyl groups is 1. The summed E-state index contributed by atoms with van der Waals surface area (Å²) in [6.07, 6.45) is -1.19. The van der Waals surface area contributed by atoms with Crippen LogP contribution in [0.1, 0.15) is 51.9 Å². The Kier molecular flexibility index (Phi) is 14.8. The van der Waals surface area contributed by atoms with Crippen LogP contribution in [-0.4, -0.2) is 82.5 Å². The van der Waals surface area contributed by atoms with Gasteiger partial charge in [-0.2, -0.15) is 0 Å². The maximum Gasteiger partial charge on any atom is 0.326 e. The van der Waals surface area contributed by atoms with Crippen molar-refractivity contribution in [3.8, 4) is 0 Å². The van der Waals surface area contributed by atoms with E-state index in [1.54, 1.807) is 0 Å². The number of hydrogen-bond acceptors (Lipinski definition) is 9. The molecule has 15 nitrogen and oxygen atoms in total. The summed E-state index contributed by atoms with van der Waals surface area (Å²) in [4.78, 5) is 71.1. The number of nitrogens with two attached hydrogens (primary N) is 4. The van der Waals surface area contributed by atoms with Crippen molar-refractivity contribution >= 4 is 35.5 Å². The van der Waals surface area contributed by atoms with Gasteiger partial charge in [0.25, 0.3) is 0 Å². The predicted molar refractivity (Wildman–Crippen MR) is 123 cm³/mol.